The number of hydrogen-bond donors (Lipinski definition) is 6. The molecule has 18 nitrogen and oxygen atoms in total. The predicted molar refractivity (Wildman–Crippen MR) is 317 cm³/mol. The van der Waals surface area contributed by atoms with E-state index in [9.17, 15) is 80.6 Å². The number of amides is 3. The molecule has 0 fully saturated rings. The number of aryl methyl sites for hydroxylation is 2. The molecule has 480 valence electrons. The number of nitrogens with zero attached hydrogens (tertiary/aromatic N) is 8. The number of benzene rings is 4. The Hall–Kier alpha value is -6.37. The minimum atomic E-state index is -4.58. The van der Waals surface area contributed by atoms with E-state index in [4.69, 9.17) is 27.4 Å². The van der Waals surface area contributed by atoms with Gasteiger partial charge in [0, 0.05) is 7.05 Å². The van der Waals surface area contributed by atoms with Crippen molar-refractivity contribution < 1.29 is 90.7 Å². The van der Waals surface area contributed by atoms with Crippen LogP contribution >= 0.6 is 59.4 Å². The third-order valence-electron chi connectivity index (χ3n) is 10.2. The fraction of sp³-hybridized carbons (Fsp3) is 0.0800. The Balaban J connectivity index is 0.000000207. The third kappa shape index (κ3) is 22.4. The first kappa shape index (κ1) is 75.4. The molecule has 0 saturated heterocycles. The Bertz CT molecular complexity index is 3990. The Morgan fingerprint density at radius 3 is 1.08 bits per heavy atom. The van der Waals surface area contributed by atoms with Crippen LogP contribution in [0.2, 0.25) is 0 Å². The summed E-state index contributed by atoms with van der Waals surface area (Å²) in [6.07, 6.45) is -3.01. The number of carbonyl (C=O) groups is 4. The van der Waals surface area contributed by atoms with E-state index in [1.54, 1.807) is 18.6 Å². The number of nitrogens with one attached hydrogen (secondary N) is 3. The summed E-state index contributed by atoms with van der Waals surface area (Å²) in [6, 6.07) is 14.1. The van der Waals surface area contributed by atoms with Gasteiger partial charge in [0.15, 0.2) is 5.69 Å². The molecule has 6 heterocycles. The summed E-state index contributed by atoms with van der Waals surface area (Å²) in [4.78, 5) is 61.3. The van der Waals surface area contributed by atoms with Gasteiger partial charge in [-0.25, -0.2) is 8.78 Å². The first-order valence-electron chi connectivity index (χ1n) is 23.6. The molecule has 3 amide bonds. The molecule has 0 aliphatic carbocycles. The topological polar surface area (TPSA) is 258 Å². The van der Waals surface area contributed by atoms with Crippen LogP contribution in [0.15, 0.2) is 120 Å². The van der Waals surface area contributed by atoms with Gasteiger partial charge in [-0.05, 0) is 29.8 Å². The van der Waals surface area contributed by atoms with Crippen molar-refractivity contribution in [2.24, 2.45) is 14.1 Å². The summed E-state index contributed by atoms with van der Waals surface area (Å²) in [5, 5.41) is 29.6. The molecular formula is C50H31BBr3ClF14N12O6Se4. The number of hydrogen-bond acceptors (Lipinski definition) is 13. The SMILES string of the molecule is Cn1nc(C(F)(F)F)cc1-c1cnc(NC(=O)c2c(F)cccc2F)[se]1.Cn1nc(C(F)(F)F)cc1B(O)O.Nc1ncc(Br)[se]1.O=C(Cl)c1c(F)cccc1F.O=C(Nc1ncc(Br)[se]1)c1c(F)cccc1F.O=C(Nc1ncc(Br)[se]1)c1c(F)cccc1F. The molecule has 41 heteroatoms. The Morgan fingerprint density at radius 2 is 0.824 bits per heavy atom. The van der Waals surface area contributed by atoms with E-state index in [1.165, 1.54) is 32.4 Å². The summed E-state index contributed by atoms with van der Waals surface area (Å²) >= 11 is 13.9. The Morgan fingerprint density at radius 1 is 0.505 bits per heavy atom. The standard InChI is InChI=1S/C15H9F5N4OSe.2C10H5BrF2N2OSe.C7H3ClF2O.C5H6BF3N2O2.C3H3BrN2Se/c1-24-9(5-11(23-24)15(18,19)20)10-6-21-14(26-10)22-13(25)12-7(16)3-2-4-8(12)17;2*11-7-4-14-10(17-7)15-9(16)8-5(12)2-1-3-6(8)13;8-7(11)6-4(9)2-1-3-5(6)10;1-11-4(6(12)13)2-3(10-11)5(7,8)9;4-2-1-6-3(5)7-2/h2-6H,1H3,(H,21,22,25);2*1-4H,(H,14,15,16);1-3H;2,12-13H,1H3;1H,(H2,5,6). The third-order valence-corrected chi connectivity index (χ3v) is 19.8. The number of aromatic nitrogens is 8. The summed E-state index contributed by atoms with van der Waals surface area (Å²) in [6.45, 7) is 0. The van der Waals surface area contributed by atoms with Gasteiger partial charge in [0.2, 0.25) is 0 Å². The van der Waals surface area contributed by atoms with Crippen molar-refractivity contribution in [3.63, 3.8) is 0 Å². The van der Waals surface area contributed by atoms with E-state index in [0.717, 1.165) is 90.8 Å². The zero-order valence-electron chi connectivity index (χ0n) is 44.6. The molecule has 0 unspecified atom stereocenters. The van der Waals surface area contributed by atoms with Crippen LogP contribution in [0, 0.1) is 46.5 Å². The van der Waals surface area contributed by atoms with Gasteiger partial charge >= 0.3 is 437 Å². The van der Waals surface area contributed by atoms with E-state index in [0.29, 0.717) is 34.4 Å². The number of halogens is 18. The van der Waals surface area contributed by atoms with Crippen molar-refractivity contribution in [1.82, 2.24) is 39.5 Å². The van der Waals surface area contributed by atoms with Crippen LogP contribution in [0.25, 0.3) is 10.1 Å². The van der Waals surface area contributed by atoms with E-state index in [-0.39, 0.29) is 45.0 Å². The Labute approximate surface area is 555 Å². The fourth-order valence-corrected chi connectivity index (χ4v) is 14.2. The second kappa shape index (κ2) is 34.0. The number of nitrogen functional groups attached to an aromatic ring is 1. The molecule has 0 saturated carbocycles. The van der Waals surface area contributed by atoms with E-state index >= 15 is 0 Å². The second-order valence-electron chi connectivity index (χ2n) is 16.5. The van der Waals surface area contributed by atoms with Gasteiger partial charge in [-0.15, -0.1) is 0 Å². The number of anilines is 4. The summed E-state index contributed by atoms with van der Waals surface area (Å²) in [5.74, 6) is -10.1. The summed E-state index contributed by atoms with van der Waals surface area (Å²) < 4.78 is 187. The van der Waals surface area contributed by atoms with Crippen molar-refractivity contribution in [3.05, 3.63) is 200 Å². The fourth-order valence-electron chi connectivity index (χ4n) is 6.35. The van der Waals surface area contributed by atoms with E-state index in [2.05, 4.69) is 93.9 Å². The monoisotopic (exact) mass is 1760 g/mol. The maximum absolute atomic E-state index is 13.6. The average Bonchev–Trinajstić information content (AvgIpc) is 1.84. The van der Waals surface area contributed by atoms with Crippen LogP contribution in [0.1, 0.15) is 52.8 Å². The molecule has 10 rings (SSSR count). The van der Waals surface area contributed by atoms with Gasteiger partial charge in [-0.3, -0.25) is 9.48 Å². The summed E-state index contributed by atoms with van der Waals surface area (Å²) in [7, 11) is 0.602. The molecule has 4 aromatic carbocycles. The van der Waals surface area contributed by atoms with Crippen molar-refractivity contribution >= 4 is 172 Å². The zero-order valence-corrected chi connectivity index (χ0v) is 57.0. The van der Waals surface area contributed by atoms with Crippen LogP contribution in [0.4, 0.5) is 80.2 Å². The molecule has 0 bridgehead atoms. The van der Waals surface area contributed by atoms with Gasteiger partial charge in [-0.1, -0.05) is 6.07 Å². The molecule has 0 atom stereocenters. The molecule has 10 aromatic rings. The quantitative estimate of drug-likeness (QED) is 0.0447. The zero-order chi connectivity index (χ0) is 67.8. The van der Waals surface area contributed by atoms with Crippen molar-refractivity contribution in [2.75, 3.05) is 21.7 Å². The Kier molecular flexibility index (Phi) is 28.1. The normalized spacial score (nSPS) is 10.7. The molecule has 0 radical (unpaired) electrons. The van der Waals surface area contributed by atoms with E-state index < -0.39 is 137 Å². The van der Waals surface area contributed by atoms with E-state index in [1.807, 2.05) is 0 Å². The van der Waals surface area contributed by atoms with Crippen LogP contribution in [0.3, 0.4) is 0 Å². The predicted octanol–water partition coefficient (Wildman–Crippen LogP) is 9.90. The van der Waals surface area contributed by atoms with Gasteiger partial charge in [0.1, 0.15) is 17.2 Å². The molecule has 0 aliphatic heterocycles. The minimum absolute atomic E-state index is 0.120. The number of alkyl halides is 6. The van der Waals surface area contributed by atoms with Gasteiger partial charge in [-0.2, -0.15) is 18.3 Å². The molecule has 0 spiro atoms. The van der Waals surface area contributed by atoms with Crippen molar-refractivity contribution in [2.45, 2.75) is 12.4 Å². The van der Waals surface area contributed by atoms with Crippen LogP contribution in [-0.2, 0) is 26.4 Å². The number of nitrogens with two attached hydrogens (primary N) is 1. The maximum atomic E-state index is 13.6. The first-order valence-corrected chi connectivity index (χ1v) is 33.2. The molecule has 6 aromatic heterocycles. The number of carbonyl (C=O) groups excluding carboxylic acids is 4. The molecule has 0 aliphatic rings. The second-order valence-corrected chi connectivity index (χ2v) is 31.6. The van der Waals surface area contributed by atoms with Gasteiger partial charge in [0.05, 0.1) is 5.59 Å². The van der Waals surface area contributed by atoms with Crippen molar-refractivity contribution in [3.8, 4) is 10.1 Å². The van der Waals surface area contributed by atoms with Gasteiger partial charge in [0.25, 0.3) is 5.24 Å². The molecule has 91 heavy (non-hydrogen) atoms. The van der Waals surface area contributed by atoms with Crippen LogP contribution < -0.4 is 27.3 Å². The van der Waals surface area contributed by atoms with Crippen LogP contribution in [0.5, 0.6) is 0 Å². The average molecular weight is 1760 g/mol. The number of rotatable bonds is 9. The first-order chi connectivity index (χ1) is 42.5. The molecular weight excluding hydrogens is 1730 g/mol. The summed E-state index contributed by atoms with van der Waals surface area (Å²) in [5.41, 5.74) is 0.406. The van der Waals surface area contributed by atoms with Crippen molar-refractivity contribution in [1.29, 1.82) is 0 Å². The molecule has 7 N–H and O–H groups in total. The van der Waals surface area contributed by atoms with Gasteiger partial charge < -0.3 is 10.0 Å². The van der Waals surface area contributed by atoms with Crippen LogP contribution in [-0.4, -0.2) is 138 Å².